The Labute approximate surface area is 118 Å². The van der Waals surface area contributed by atoms with Crippen LogP contribution in [0.25, 0.3) is 0 Å². The molecule has 0 spiro atoms. The first-order chi connectivity index (χ1) is 9.65. The average Bonchev–Trinajstić information content (AvgIpc) is 2.47. The van der Waals surface area contributed by atoms with Gasteiger partial charge in [-0.1, -0.05) is 36.0 Å². The van der Waals surface area contributed by atoms with Crippen molar-refractivity contribution in [1.82, 2.24) is 0 Å². The number of non-ortho nitro benzene ring substituents is 1. The highest BCUT2D eigenvalue weighted by Crippen LogP contribution is 2.43. The van der Waals surface area contributed by atoms with Crippen molar-refractivity contribution in [2.75, 3.05) is 0 Å². The van der Waals surface area contributed by atoms with E-state index < -0.39 is 16.3 Å². The van der Waals surface area contributed by atoms with Gasteiger partial charge >= 0.3 is 5.97 Å². The first kappa shape index (κ1) is 12.7. The zero-order valence-corrected chi connectivity index (χ0v) is 11.0. The standard InChI is InChI=1S/C14H9NO4S/c16-13-11-6-1-2-7-12(11)20-14(19-13)9-4-3-5-10(8-9)15(17)18/h1-8,14H/t14-/m0/s1. The molecule has 20 heavy (non-hydrogen) atoms. The third kappa shape index (κ3) is 2.25. The van der Waals surface area contributed by atoms with Crippen LogP contribution in [-0.4, -0.2) is 10.9 Å². The molecule has 1 atom stereocenters. The lowest BCUT2D eigenvalue weighted by Crippen LogP contribution is -2.15. The number of thioether (sulfide) groups is 1. The SMILES string of the molecule is O=C1O[C@H](c2cccc([N+](=O)[O-])c2)Sc2ccccc21. The smallest absolute Gasteiger partial charge is 0.340 e. The number of fused-ring (bicyclic) bond motifs is 1. The second-order valence-electron chi connectivity index (χ2n) is 4.20. The van der Waals surface area contributed by atoms with E-state index in [1.165, 1.54) is 23.9 Å². The summed E-state index contributed by atoms with van der Waals surface area (Å²) in [7, 11) is 0. The van der Waals surface area contributed by atoms with Crippen LogP contribution in [0.5, 0.6) is 0 Å². The van der Waals surface area contributed by atoms with Gasteiger partial charge in [0, 0.05) is 22.6 Å². The summed E-state index contributed by atoms with van der Waals surface area (Å²) in [5.41, 5.74) is 0.557. The van der Waals surface area contributed by atoms with Gasteiger partial charge in [-0.15, -0.1) is 0 Å². The van der Waals surface area contributed by atoms with Crippen LogP contribution in [0.4, 0.5) is 5.69 Å². The maximum atomic E-state index is 11.9. The van der Waals surface area contributed by atoms with Crippen molar-refractivity contribution in [2.24, 2.45) is 0 Å². The molecule has 0 bridgehead atoms. The molecule has 1 heterocycles. The highest BCUT2D eigenvalue weighted by molar-refractivity contribution is 7.99. The van der Waals surface area contributed by atoms with Crippen LogP contribution in [0, 0.1) is 10.1 Å². The summed E-state index contributed by atoms with van der Waals surface area (Å²) in [5, 5.41) is 10.8. The Hall–Kier alpha value is -2.34. The summed E-state index contributed by atoms with van der Waals surface area (Å²) in [6.45, 7) is 0. The van der Waals surface area contributed by atoms with Gasteiger partial charge in [0.25, 0.3) is 5.69 Å². The van der Waals surface area contributed by atoms with Crippen molar-refractivity contribution < 1.29 is 14.5 Å². The van der Waals surface area contributed by atoms with E-state index in [4.69, 9.17) is 4.74 Å². The normalized spacial score (nSPS) is 17.2. The molecule has 0 N–H and O–H groups in total. The highest BCUT2D eigenvalue weighted by atomic mass is 32.2. The lowest BCUT2D eigenvalue weighted by molar-refractivity contribution is -0.384. The Morgan fingerprint density at radius 1 is 1.15 bits per heavy atom. The van der Waals surface area contributed by atoms with E-state index in [0.29, 0.717) is 11.1 Å². The molecule has 0 amide bonds. The number of nitro groups is 1. The monoisotopic (exact) mass is 287 g/mol. The number of ether oxygens (including phenoxy) is 1. The quantitative estimate of drug-likeness (QED) is 0.480. The van der Waals surface area contributed by atoms with E-state index in [9.17, 15) is 14.9 Å². The summed E-state index contributed by atoms with van der Waals surface area (Å²) in [6.07, 6.45) is 0. The summed E-state index contributed by atoms with van der Waals surface area (Å²) < 4.78 is 5.34. The second kappa shape index (κ2) is 4.97. The molecule has 5 nitrogen and oxygen atoms in total. The number of nitrogens with zero attached hydrogens (tertiary/aromatic N) is 1. The number of carbonyl (C=O) groups is 1. The van der Waals surface area contributed by atoms with Crippen molar-refractivity contribution in [3.05, 3.63) is 69.8 Å². The highest BCUT2D eigenvalue weighted by Gasteiger charge is 2.28. The number of hydrogen-bond acceptors (Lipinski definition) is 5. The molecule has 6 heteroatoms. The number of hydrogen-bond donors (Lipinski definition) is 0. The second-order valence-corrected chi connectivity index (χ2v) is 5.31. The van der Waals surface area contributed by atoms with Crippen LogP contribution in [0.3, 0.4) is 0 Å². The molecule has 0 unspecified atom stereocenters. The molecule has 2 aromatic carbocycles. The van der Waals surface area contributed by atoms with Crippen LogP contribution in [0.15, 0.2) is 53.4 Å². The van der Waals surface area contributed by atoms with Crippen LogP contribution in [0.2, 0.25) is 0 Å². The lowest BCUT2D eigenvalue weighted by atomic mass is 10.2. The minimum Gasteiger partial charge on any atom is -0.442 e. The maximum absolute atomic E-state index is 11.9. The first-order valence-corrected chi connectivity index (χ1v) is 6.74. The van der Waals surface area contributed by atoms with E-state index in [1.54, 1.807) is 24.3 Å². The zero-order chi connectivity index (χ0) is 14.1. The molecule has 100 valence electrons. The largest absolute Gasteiger partial charge is 0.442 e. The van der Waals surface area contributed by atoms with Crippen molar-refractivity contribution in [3.8, 4) is 0 Å². The van der Waals surface area contributed by atoms with Crippen molar-refractivity contribution >= 4 is 23.4 Å². The molecule has 0 saturated heterocycles. The Bertz CT molecular complexity index is 701. The lowest BCUT2D eigenvalue weighted by Gasteiger charge is -2.23. The molecule has 1 aliphatic heterocycles. The van der Waals surface area contributed by atoms with Gasteiger partial charge in [-0.25, -0.2) is 4.79 Å². The van der Waals surface area contributed by atoms with E-state index >= 15 is 0 Å². The van der Waals surface area contributed by atoms with E-state index in [1.807, 2.05) is 12.1 Å². The summed E-state index contributed by atoms with van der Waals surface area (Å²) in [5.74, 6) is -0.407. The van der Waals surface area contributed by atoms with Gasteiger partial charge in [-0.2, -0.15) is 0 Å². The van der Waals surface area contributed by atoms with Gasteiger partial charge in [-0.3, -0.25) is 10.1 Å². The number of cyclic esters (lactones) is 1. The summed E-state index contributed by atoms with van der Waals surface area (Å²) in [6, 6.07) is 13.3. The van der Waals surface area contributed by atoms with Gasteiger partial charge in [-0.05, 0) is 12.1 Å². The summed E-state index contributed by atoms with van der Waals surface area (Å²) >= 11 is 1.37. The van der Waals surface area contributed by atoms with Gasteiger partial charge < -0.3 is 4.74 Å². The maximum Gasteiger partial charge on any atom is 0.340 e. The van der Waals surface area contributed by atoms with E-state index in [2.05, 4.69) is 0 Å². The van der Waals surface area contributed by atoms with Crippen LogP contribution in [0.1, 0.15) is 21.4 Å². The van der Waals surface area contributed by atoms with E-state index in [-0.39, 0.29) is 5.69 Å². The number of benzene rings is 2. The fourth-order valence-corrected chi connectivity index (χ4v) is 3.04. The molecule has 2 aromatic rings. The Morgan fingerprint density at radius 2 is 1.95 bits per heavy atom. The predicted molar refractivity (Wildman–Crippen MR) is 73.6 cm³/mol. The molecular formula is C14H9NO4S. The predicted octanol–water partition coefficient (Wildman–Crippen LogP) is 3.56. The molecule has 0 radical (unpaired) electrons. The summed E-state index contributed by atoms with van der Waals surface area (Å²) in [4.78, 5) is 23.1. The zero-order valence-electron chi connectivity index (χ0n) is 10.2. The van der Waals surface area contributed by atoms with Crippen LogP contribution >= 0.6 is 11.8 Å². The topological polar surface area (TPSA) is 69.4 Å². The van der Waals surface area contributed by atoms with Crippen molar-refractivity contribution in [2.45, 2.75) is 10.3 Å². The minimum atomic E-state index is -0.558. The number of nitro benzene ring substituents is 1. The molecule has 0 aliphatic carbocycles. The van der Waals surface area contributed by atoms with Crippen LogP contribution < -0.4 is 0 Å². The van der Waals surface area contributed by atoms with E-state index in [0.717, 1.165) is 4.90 Å². The Morgan fingerprint density at radius 3 is 2.75 bits per heavy atom. The fraction of sp³-hybridized carbons (Fsp3) is 0.0714. The fourth-order valence-electron chi connectivity index (χ4n) is 1.96. The number of carbonyl (C=O) groups excluding carboxylic acids is 1. The van der Waals surface area contributed by atoms with Gasteiger partial charge in [0.05, 0.1) is 10.5 Å². The average molecular weight is 287 g/mol. The third-order valence-corrected chi connectivity index (χ3v) is 4.10. The van der Waals surface area contributed by atoms with Gasteiger partial charge in [0.15, 0.2) is 5.44 Å². The van der Waals surface area contributed by atoms with Crippen LogP contribution in [-0.2, 0) is 4.74 Å². The molecule has 3 rings (SSSR count). The molecule has 1 aliphatic rings. The van der Waals surface area contributed by atoms with Gasteiger partial charge in [0.1, 0.15) is 0 Å². The third-order valence-electron chi connectivity index (χ3n) is 2.91. The molecule has 0 fully saturated rings. The minimum absolute atomic E-state index is 0.0157. The van der Waals surface area contributed by atoms with Crippen molar-refractivity contribution in [1.29, 1.82) is 0 Å². The number of esters is 1. The molecule has 0 aromatic heterocycles. The van der Waals surface area contributed by atoms with Gasteiger partial charge in [0.2, 0.25) is 0 Å². The Kier molecular flexibility index (Phi) is 3.15. The first-order valence-electron chi connectivity index (χ1n) is 5.86. The van der Waals surface area contributed by atoms with Crippen molar-refractivity contribution in [3.63, 3.8) is 0 Å². The molecule has 0 saturated carbocycles. The Balaban J connectivity index is 1.95. The molecular weight excluding hydrogens is 278 g/mol. The number of rotatable bonds is 2.